The molecule has 2 nitrogen and oxygen atoms in total. The summed E-state index contributed by atoms with van der Waals surface area (Å²) in [4.78, 5) is 0. The molecule has 2 aliphatic rings. The van der Waals surface area contributed by atoms with E-state index in [0.717, 1.165) is 58.2 Å². The Morgan fingerprint density at radius 3 is 1.18 bits per heavy atom. The number of furan rings is 2. The van der Waals surface area contributed by atoms with Gasteiger partial charge in [-0.3, -0.25) is 0 Å². The van der Waals surface area contributed by atoms with Crippen molar-refractivity contribution in [3.8, 4) is 22.3 Å². The molecule has 2 unspecified atom stereocenters. The molecule has 0 bridgehead atoms. The Balaban J connectivity index is 1.45. The van der Waals surface area contributed by atoms with Crippen LogP contribution in [-0.4, -0.2) is 5.43 Å². The van der Waals surface area contributed by atoms with Gasteiger partial charge in [0.15, 0.2) is 0 Å². The monoisotopic (exact) mass is 956 g/mol. The Morgan fingerprint density at radius 1 is 0.548 bits per heavy atom. The van der Waals surface area contributed by atoms with Crippen molar-refractivity contribution in [2.45, 2.75) is 127 Å². The molecule has 6 heteroatoms. The van der Waals surface area contributed by atoms with E-state index in [1.54, 1.807) is 0 Å². The van der Waals surface area contributed by atoms with Crippen molar-refractivity contribution in [2.24, 2.45) is 0 Å². The first-order valence-corrected chi connectivity index (χ1v) is 37.9. The van der Waals surface area contributed by atoms with E-state index < -0.39 is 20.4 Å². The fraction of sp³-hybridized carbons (Fsp3) is 0.357. The van der Waals surface area contributed by atoms with E-state index in [-0.39, 0.29) is 18.1 Å². The van der Waals surface area contributed by atoms with Crippen LogP contribution in [0.25, 0.3) is 45.6 Å². The summed E-state index contributed by atoms with van der Waals surface area (Å²) in [7, 11) is 18.2. The van der Waals surface area contributed by atoms with Crippen LogP contribution in [0.4, 0.5) is 0 Å². The average molecular weight is 959 g/mol. The van der Waals surface area contributed by atoms with Crippen LogP contribution in [0, 0.1) is 27.7 Å². The van der Waals surface area contributed by atoms with Crippen LogP contribution in [0.1, 0.15) is 141 Å². The first kappa shape index (κ1) is 45.2. The molecular formula is C56H64Cl2O2SiZr. The fourth-order valence-corrected chi connectivity index (χ4v) is 38.0. The zero-order chi connectivity index (χ0) is 44.9. The molecule has 0 aliphatic heterocycles. The van der Waals surface area contributed by atoms with Crippen molar-refractivity contribution < 1.29 is 23.8 Å². The van der Waals surface area contributed by atoms with Crippen LogP contribution in [0.2, 0.25) is 13.1 Å². The molecule has 4 aromatic carbocycles. The zero-order valence-corrected chi connectivity index (χ0v) is 44.3. The van der Waals surface area contributed by atoms with Crippen LogP contribution in [0.5, 0.6) is 0 Å². The van der Waals surface area contributed by atoms with Crippen LogP contribution < -0.4 is 0 Å². The van der Waals surface area contributed by atoms with Crippen LogP contribution in [0.3, 0.4) is 0 Å². The molecule has 0 saturated heterocycles. The molecule has 0 radical (unpaired) electrons. The molecule has 8 rings (SSSR count). The van der Waals surface area contributed by atoms with Gasteiger partial charge in [0.25, 0.3) is 0 Å². The average Bonchev–Trinajstić information content (AvgIpc) is 3.99. The first-order chi connectivity index (χ1) is 29.1. The maximum atomic E-state index is 9.12. The number of aryl methyl sites for hydroxylation is 6. The molecule has 2 aliphatic carbocycles. The van der Waals surface area contributed by atoms with Gasteiger partial charge >= 0.3 is 383 Å². The third-order valence-electron chi connectivity index (χ3n) is 14.3. The molecule has 0 fully saturated rings. The Bertz CT molecular complexity index is 2670. The number of benzene rings is 4. The molecule has 2 aromatic heterocycles. The number of fused-ring (bicyclic) bond motifs is 2. The van der Waals surface area contributed by atoms with Gasteiger partial charge < -0.3 is 0 Å². The summed E-state index contributed by atoms with van der Waals surface area (Å²) >= 11 is -5.47. The molecular weight excluding hydrogens is 895 g/mol. The van der Waals surface area contributed by atoms with Gasteiger partial charge in [0.2, 0.25) is 0 Å². The number of halogens is 2. The summed E-state index contributed by atoms with van der Waals surface area (Å²) in [5.74, 6) is 3.57. The summed E-state index contributed by atoms with van der Waals surface area (Å²) in [6.45, 7) is 31.3. The van der Waals surface area contributed by atoms with Crippen LogP contribution in [0.15, 0.2) is 93.8 Å². The van der Waals surface area contributed by atoms with Crippen molar-refractivity contribution in [3.05, 3.63) is 164 Å². The summed E-state index contributed by atoms with van der Waals surface area (Å²) < 4.78 is 13.1. The van der Waals surface area contributed by atoms with E-state index in [1.807, 2.05) is 0 Å². The van der Waals surface area contributed by atoms with Gasteiger partial charge in [-0.1, -0.05) is 0 Å². The van der Waals surface area contributed by atoms with Crippen molar-refractivity contribution >= 4 is 45.8 Å². The summed E-state index contributed by atoms with van der Waals surface area (Å²) in [6, 6.07) is 32.3. The van der Waals surface area contributed by atoms with Crippen molar-refractivity contribution in [3.63, 3.8) is 0 Å². The summed E-state index contributed by atoms with van der Waals surface area (Å²) in [5.41, 5.74) is 18.3. The molecule has 62 heavy (non-hydrogen) atoms. The summed E-state index contributed by atoms with van der Waals surface area (Å²) in [6.07, 6.45) is 6.64. The van der Waals surface area contributed by atoms with Gasteiger partial charge in [-0.05, 0) is 0 Å². The minimum atomic E-state index is -5.47. The first-order valence-electron chi connectivity index (χ1n) is 22.6. The van der Waals surface area contributed by atoms with Crippen molar-refractivity contribution in [1.82, 2.24) is 0 Å². The van der Waals surface area contributed by atoms with E-state index in [9.17, 15) is 0 Å². The molecule has 2 heterocycles. The Morgan fingerprint density at radius 2 is 0.903 bits per heavy atom. The molecule has 322 valence electrons. The third-order valence-corrected chi connectivity index (χ3v) is 60.6. The second kappa shape index (κ2) is 15.9. The van der Waals surface area contributed by atoms with Gasteiger partial charge in [0, 0.05) is 0 Å². The number of hydrogen-bond acceptors (Lipinski definition) is 2. The van der Waals surface area contributed by atoms with Gasteiger partial charge in [-0.15, -0.1) is 0 Å². The molecule has 0 amide bonds. The molecule has 0 saturated carbocycles. The molecule has 0 spiro atoms. The minimum absolute atomic E-state index is 0.0534. The van der Waals surface area contributed by atoms with E-state index in [2.05, 4.69) is 193 Å². The Labute approximate surface area is 379 Å². The molecule has 2 atom stereocenters. The van der Waals surface area contributed by atoms with E-state index in [1.165, 1.54) is 66.8 Å². The van der Waals surface area contributed by atoms with Crippen molar-refractivity contribution in [2.75, 3.05) is 0 Å². The predicted molar refractivity (Wildman–Crippen MR) is 267 cm³/mol. The number of allylic oxidation sites excluding steroid dienone is 2. The third kappa shape index (κ3) is 7.32. The predicted octanol–water partition coefficient (Wildman–Crippen LogP) is 17.3. The van der Waals surface area contributed by atoms with Crippen LogP contribution >= 0.6 is 17.0 Å². The van der Waals surface area contributed by atoms with Gasteiger partial charge in [-0.2, -0.15) is 0 Å². The quantitative estimate of drug-likeness (QED) is 0.142. The zero-order valence-electron chi connectivity index (χ0n) is 39.4. The van der Waals surface area contributed by atoms with E-state index in [0.29, 0.717) is 0 Å². The normalized spacial score (nSPS) is 16.7. The SMILES string of the molecule is CCc1ccc2c(c1-c1ccc(C(C)(C)C)cc1)C=C(c1cc(C)c(C)o1)[CH]2[Zr]([Cl])([Cl])([CH]1C(c2cc(C)c(C)o2)=Cc2c1ccc(CC)c2-c1ccc(C(C)(C)C)cc1)=[Si](C)C. The van der Waals surface area contributed by atoms with Crippen LogP contribution in [-0.2, 0) is 38.7 Å². The van der Waals surface area contributed by atoms with Gasteiger partial charge in [0.05, 0.1) is 0 Å². The van der Waals surface area contributed by atoms with Gasteiger partial charge in [0.1, 0.15) is 0 Å². The Kier molecular flexibility index (Phi) is 11.6. The van der Waals surface area contributed by atoms with E-state index >= 15 is 0 Å². The van der Waals surface area contributed by atoms with Gasteiger partial charge in [-0.25, -0.2) is 0 Å². The van der Waals surface area contributed by atoms with Crippen molar-refractivity contribution in [1.29, 1.82) is 0 Å². The molecule has 0 N–H and O–H groups in total. The number of hydrogen-bond donors (Lipinski definition) is 0. The summed E-state index contributed by atoms with van der Waals surface area (Å²) in [5, 5.41) is 0. The number of rotatable bonds is 8. The molecule has 6 aromatic rings. The topological polar surface area (TPSA) is 26.3 Å². The second-order valence-corrected chi connectivity index (χ2v) is 59.3. The van der Waals surface area contributed by atoms with E-state index in [4.69, 9.17) is 25.9 Å². The standard InChI is InChI=1S/2C27H29O.C2H6Si.2ClH.Zr/c2*1-7-19-8-9-21-15-22(25-14-17(2)18(3)28-25)16-24(21)26(19)20-10-12-23(13-11-20)27(4,5)6;1-3-2;;;/h2*8-16H,7H2,1-6H3;1-2H3;2*1H;/q;;;;;+2/p-2. The second-order valence-electron chi connectivity index (χ2n) is 20.5. The Hall–Kier alpha value is -3.40. The fourth-order valence-electron chi connectivity index (χ4n) is 10.3. The maximum absolute atomic E-state index is 9.12.